The molecule has 18 heavy (non-hydrogen) atoms. The predicted molar refractivity (Wildman–Crippen MR) is 67.5 cm³/mol. The molecule has 0 spiro atoms. The first kappa shape index (κ1) is 12.2. The van der Waals surface area contributed by atoms with E-state index in [4.69, 9.17) is 4.42 Å². The maximum Gasteiger partial charge on any atom is 0.211 e. The van der Waals surface area contributed by atoms with Crippen LogP contribution in [0.1, 0.15) is 18.4 Å². The van der Waals surface area contributed by atoms with Crippen molar-refractivity contribution in [1.29, 1.82) is 0 Å². The van der Waals surface area contributed by atoms with Crippen molar-refractivity contribution in [3.8, 4) is 0 Å². The largest absolute Gasteiger partial charge is 0.472 e. The Morgan fingerprint density at radius 3 is 2.78 bits per heavy atom. The highest BCUT2D eigenvalue weighted by atomic mass is 32.2. The lowest BCUT2D eigenvalue weighted by Gasteiger charge is -2.24. The van der Waals surface area contributed by atoms with Gasteiger partial charge < -0.3 is 4.42 Å². The topological polar surface area (TPSA) is 53.8 Å². The summed E-state index contributed by atoms with van der Waals surface area (Å²) in [6.07, 6.45) is 6.64. The summed E-state index contributed by atoms with van der Waals surface area (Å²) in [7, 11) is -3.05. The molecule has 3 heterocycles. The van der Waals surface area contributed by atoms with Gasteiger partial charge in [0.1, 0.15) is 0 Å². The van der Waals surface area contributed by atoms with Gasteiger partial charge in [0.15, 0.2) is 0 Å². The summed E-state index contributed by atoms with van der Waals surface area (Å²) in [6, 6.07) is 2.51. The number of furan rings is 1. The molecule has 1 aromatic rings. The van der Waals surface area contributed by atoms with Crippen molar-refractivity contribution in [2.24, 2.45) is 0 Å². The maximum atomic E-state index is 11.7. The molecule has 0 saturated carbocycles. The van der Waals surface area contributed by atoms with E-state index in [1.165, 1.54) is 6.26 Å². The molecule has 5 nitrogen and oxygen atoms in total. The van der Waals surface area contributed by atoms with Crippen LogP contribution in [-0.4, -0.2) is 49.1 Å². The minimum Gasteiger partial charge on any atom is -0.472 e. The third-order valence-electron chi connectivity index (χ3n) is 4.03. The highest BCUT2D eigenvalue weighted by molar-refractivity contribution is 7.88. The normalized spacial score (nSPS) is 29.8. The van der Waals surface area contributed by atoms with E-state index in [-0.39, 0.29) is 6.04 Å². The monoisotopic (exact) mass is 270 g/mol. The number of nitrogens with zero attached hydrogens (tertiary/aromatic N) is 2. The Morgan fingerprint density at radius 1 is 1.33 bits per heavy atom. The van der Waals surface area contributed by atoms with E-state index in [1.807, 2.05) is 6.07 Å². The van der Waals surface area contributed by atoms with Crippen molar-refractivity contribution in [2.75, 3.05) is 19.3 Å². The maximum absolute atomic E-state index is 11.7. The zero-order chi connectivity index (χ0) is 12.8. The average Bonchev–Trinajstić information content (AvgIpc) is 2.95. The van der Waals surface area contributed by atoms with Crippen LogP contribution >= 0.6 is 0 Å². The molecular weight excluding hydrogens is 252 g/mol. The summed E-state index contributed by atoms with van der Waals surface area (Å²) >= 11 is 0. The molecule has 1 aromatic heterocycles. The van der Waals surface area contributed by atoms with Crippen molar-refractivity contribution in [2.45, 2.75) is 31.5 Å². The lowest BCUT2D eigenvalue weighted by atomic mass is 10.1. The molecule has 2 atom stereocenters. The van der Waals surface area contributed by atoms with E-state index in [9.17, 15) is 8.42 Å². The number of rotatable bonds is 3. The molecule has 0 unspecified atom stereocenters. The molecular formula is C12H18N2O3S. The Balaban J connectivity index is 1.72. The van der Waals surface area contributed by atoms with Gasteiger partial charge in [-0.3, -0.25) is 4.90 Å². The molecule has 0 aromatic carbocycles. The van der Waals surface area contributed by atoms with Crippen LogP contribution in [0.15, 0.2) is 23.0 Å². The molecule has 0 radical (unpaired) electrons. The van der Waals surface area contributed by atoms with Gasteiger partial charge in [-0.25, -0.2) is 8.42 Å². The Labute approximate surface area is 107 Å². The zero-order valence-corrected chi connectivity index (χ0v) is 11.3. The second kappa shape index (κ2) is 4.36. The SMILES string of the molecule is CS(=O)(=O)N1CC[C@@H]2[C@@H]1CCN2Cc1ccoc1. The van der Waals surface area contributed by atoms with Gasteiger partial charge in [0.2, 0.25) is 10.0 Å². The second-order valence-corrected chi connectivity index (χ2v) is 7.12. The molecule has 2 fully saturated rings. The third kappa shape index (κ3) is 2.08. The van der Waals surface area contributed by atoms with Crippen molar-refractivity contribution >= 4 is 10.0 Å². The molecule has 2 aliphatic heterocycles. The Bertz CT molecular complexity index is 511. The van der Waals surface area contributed by atoms with Gasteiger partial charge in [0, 0.05) is 37.3 Å². The molecule has 100 valence electrons. The fourth-order valence-electron chi connectivity index (χ4n) is 3.26. The van der Waals surface area contributed by atoms with Crippen LogP contribution in [-0.2, 0) is 16.6 Å². The smallest absolute Gasteiger partial charge is 0.211 e. The first-order chi connectivity index (χ1) is 8.55. The van der Waals surface area contributed by atoms with Gasteiger partial charge in [-0.1, -0.05) is 0 Å². The third-order valence-corrected chi connectivity index (χ3v) is 5.34. The zero-order valence-electron chi connectivity index (χ0n) is 10.4. The van der Waals surface area contributed by atoms with Gasteiger partial charge in [0.05, 0.1) is 18.8 Å². The van der Waals surface area contributed by atoms with Crippen LogP contribution < -0.4 is 0 Å². The van der Waals surface area contributed by atoms with Gasteiger partial charge in [-0.15, -0.1) is 0 Å². The van der Waals surface area contributed by atoms with Crippen molar-refractivity contribution in [1.82, 2.24) is 9.21 Å². The van der Waals surface area contributed by atoms with Crippen molar-refractivity contribution in [3.05, 3.63) is 24.2 Å². The quantitative estimate of drug-likeness (QED) is 0.818. The van der Waals surface area contributed by atoms with Crippen LogP contribution in [0, 0.1) is 0 Å². The van der Waals surface area contributed by atoms with Crippen molar-refractivity contribution in [3.63, 3.8) is 0 Å². The number of hydrogen-bond acceptors (Lipinski definition) is 4. The summed E-state index contributed by atoms with van der Waals surface area (Å²) in [6.45, 7) is 2.48. The van der Waals surface area contributed by atoms with E-state index in [0.29, 0.717) is 12.6 Å². The number of likely N-dealkylation sites (tertiary alicyclic amines) is 1. The number of fused-ring (bicyclic) bond motifs is 1. The van der Waals surface area contributed by atoms with E-state index < -0.39 is 10.0 Å². The summed E-state index contributed by atoms with van der Waals surface area (Å²) < 4.78 is 30.1. The summed E-state index contributed by atoms with van der Waals surface area (Å²) in [5.41, 5.74) is 1.16. The molecule has 2 saturated heterocycles. The summed E-state index contributed by atoms with van der Waals surface area (Å²) in [4.78, 5) is 2.38. The Morgan fingerprint density at radius 2 is 2.11 bits per heavy atom. The van der Waals surface area contributed by atoms with Gasteiger partial charge in [-0.2, -0.15) is 4.31 Å². The van der Waals surface area contributed by atoms with Crippen molar-refractivity contribution < 1.29 is 12.8 Å². The number of sulfonamides is 1. The second-order valence-electron chi connectivity index (χ2n) is 5.19. The van der Waals surface area contributed by atoms with E-state index >= 15 is 0 Å². The van der Waals surface area contributed by atoms with E-state index in [0.717, 1.165) is 31.5 Å². The summed E-state index contributed by atoms with van der Waals surface area (Å²) in [5.74, 6) is 0. The fourth-order valence-corrected chi connectivity index (χ4v) is 4.44. The molecule has 0 amide bonds. The summed E-state index contributed by atoms with van der Waals surface area (Å²) in [5, 5.41) is 0. The van der Waals surface area contributed by atoms with Gasteiger partial charge in [0.25, 0.3) is 0 Å². The van der Waals surface area contributed by atoms with Gasteiger partial charge in [-0.05, 0) is 18.9 Å². The fraction of sp³-hybridized carbons (Fsp3) is 0.667. The average molecular weight is 270 g/mol. The predicted octanol–water partition coefficient (Wildman–Crippen LogP) is 0.888. The molecule has 0 aliphatic carbocycles. The van der Waals surface area contributed by atoms with Crippen LogP contribution in [0.2, 0.25) is 0 Å². The highest BCUT2D eigenvalue weighted by Crippen LogP contribution is 2.33. The first-order valence-corrected chi connectivity index (χ1v) is 8.12. The molecule has 2 aliphatic rings. The lowest BCUT2D eigenvalue weighted by Crippen LogP contribution is -2.38. The minimum absolute atomic E-state index is 0.173. The van der Waals surface area contributed by atoms with Crippen LogP contribution in [0.5, 0.6) is 0 Å². The molecule has 3 rings (SSSR count). The number of hydrogen-bond donors (Lipinski definition) is 0. The first-order valence-electron chi connectivity index (χ1n) is 6.27. The van der Waals surface area contributed by atoms with E-state index in [1.54, 1.807) is 16.8 Å². The Kier molecular flexibility index (Phi) is 2.96. The van der Waals surface area contributed by atoms with Crippen LogP contribution in [0.25, 0.3) is 0 Å². The molecule has 0 bridgehead atoms. The highest BCUT2D eigenvalue weighted by Gasteiger charge is 2.45. The lowest BCUT2D eigenvalue weighted by molar-refractivity contribution is 0.239. The van der Waals surface area contributed by atoms with Crippen LogP contribution in [0.4, 0.5) is 0 Å². The van der Waals surface area contributed by atoms with E-state index in [2.05, 4.69) is 4.90 Å². The van der Waals surface area contributed by atoms with Crippen LogP contribution in [0.3, 0.4) is 0 Å². The Hall–Kier alpha value is -0.850. The molecule has 0 N–H and O–H groups in total. The molecule has 6 heteroatoms. The minimum atomic E-state index is -3.05. The van der Waals surface area contributed by atoms with Gasteiger partial charge >= 0.3 is 0 Å². The standard InChI is InChI=1S/C12H18N2O3S/c1-18(15,16)14-6-3-11-12(14)2-5-13(11)8-10-4-7-17-9-10/h4,7,9,11-12H,2-3,5-6,8H2,1H3/t11-,12+/m1/s1.